The van der Waals surface area contributed by atoms with Crippen LogP contribution in [0, 0.1) is 30.6 Å². The van der Waals surface area contributed by atoms with Crippen molar-refractivity contribution in [3.05, 3.63) is 51.8 Å². The summed E-state index contributed by atoms with van der Waals surface area (Å²) in [6.45, 7) is 8.87. The van der Waals surface area contributed by atoms with E-state index in [9.17, 15) is 4.79 Å². The molecule has 112 valence electrons. The van der Waals surface area contributed by atoms with E-state index in [0.717, 1.165) is 22.4 Å². The van der Waals surface area contributed by atoms with Gasteiger partial charge in [0.05, 0.1) is 11.9 Å². The lowest BCUT2D eigenvalue weighted by Gasteiger charge is -2.06. The Bertz CT molecular complexity index is 719. The zero-order valence-corrected chi connectivity index (χ0v) is 12.3. The van der Waals surface area contributed by atoms with E-state index in [4.69, 9.17) is 16.4 Å². The highest BCUT2D eigenvalue weighted by Crippen LogP contribution is 2.19. The number of benzene rings is 1. The van der Waals surface area contributed by atoms with Crippen molar-refractivity contribution < 1.29 is 0 Å². The number of nitrogens with zero attached hydrogens (tertiary/aromatic N) is 5. The SMILES string of the molecule is C#N.C#N.Cc1cc(=O)n(C)nc1-c1ccc(C=NN)cc1. The van der Waals surface area contributed by atoms with Crippen LogP contribution in [0.25, 0.3) is 11.3 Å². The molecule has 0 radical (unpaired) electrons. The fourth-order valence-electron chi connectivity index (χ4n) is 1.72. The first-order valence-electron chi connectivity index (χ1n) is 6.02. The predicted octanol–water partition coefficient (Wildman–Crippen LogP) is 1.33. The van der Waals surface area contributed by atoms with Gasteiger partial charge in [-0.05, 0) is 18.1 Å². The lowest BCUT2D eigenvalue weighted by molar-refractivity contribution is 0.708. The first-order chi connectivity index (χ1) is 10.6. The molecule has 2 aromatic rings. The van der Waals surface area contributed by atoms with Gasteiger partial charge in [-0.1, -0.05) is 24.3 Å². The summed E-state index contributed by atoms with van der Waals surface area (Å²) in [7, 11) is 1.64. The number of hydrogen-bond acceptors (Lipinski definition) is 6. The third kappa shape index (κ3) is 4.58. The minimum absolute atomic E-state index is 0.108. The molecule has 0 saturated carbocycles. The van der Waals surface area contributed by atoms with Gasteiger partial charge < -0.3 is 5.84 Å². The highest BCUT2D eigenvalue weighted by molar-refractivity contribution is 5.80. The summed E-state index contributed by atoms with van der Waals surface area (Å²) in [6, 6.07) is 9.24. The first kappa shape index (κ1) is 18.6. The minimum atomic E-state index is -0.108. The van der Waals surface area contributed by atoms with Crippen LogP contribution >= 0.6 is 0 Å². The lowest BCUT2D eigenvalue weighted by Crippen LogP contribution is -2.19. The van der Waals surface area contributed by atoms with E-state index in [0.29, 0.717) is 0 Å². The van der Waals surface area contributed by atoms with E-state index in [2.05, 4.69) is 23.3 Å². The molecular formula is C15H16N6O. The molecule has 0 aliphatic rings. The molecule has 22 heavy (non-hydrogen) atoms. The van der Waals surface area contributed by atoms with E-state index >= 15 is 0 Å². The van der Waals surface area contributed by atoms with Crippen LogP contribution in [0.4, 0.5) is 0 Å². The highest BCUT2D eigenvalue weighted by atomic mass is 16.1. The molecule has 7 nitrogen and oxygen atoms in total. The number of nitriles is 2. The molecule has 1 aromatic heterocycles. The normalized spacial score (nSPS) is 9.18. The lowest BCUT2D eigenvalue weighted by atomic mass is 10.1. The summed E-state index contributed by atoms with van der Waals surface area (Å²) < 4.78 is 1.33. The molecule has 0 amide bonds. The van der Waals surface area contributed by atoms with Gasteiger partial charge in [0, 0.05) is 31.8 Å². The maximum atomic E-state index is 11.4. The molecule has 0 aliphatic carbocycles. The van der Waals surface area contributed by atoms with Crippen LogP contribution < -0.4 is 11.4 Å². The van der Waals surface area contributed by atoms with Crippen LogP contribution in [-0.2, 0) is 7.05 Å². The number of hydrazone groups is 1. The molecule has 2 N–H and O–H groups in total. The Morgan fingerprint density at radius 3 is 2.27 bits per heavy atom. The topological polar surface area (TPSA) is 121 Å². The fourth-order valence-corrected chi connectivity index (χ4v) is 1.72. The Hall–Kier alpha value is -3.45. The van der Waals surface area contributed by atoms with Crippen molar-refractivity contribution in [2.45, 2.75) is 6.92 Å². The van der Waals surface area contributed by atoms with Crippen molar-refractivity contribution in [2.24, 2.45) is 18.0 Å². The largest absolute Gasteiger partial charge is 0.323 e. The smallest absolute Gasteiger partial charge is 0.266 e. The standard InChI is InChI=1S/C13H14N4O.2CHN/c1-9-7-12(18)17(2)16-13(9)11-5-3-10(4-6-11)8-15-14;2*1-2/h3-8H,14H2,1-2H3;2*1H. The van der Waals surface area contributed by atoms with E-state index in [1.54, 1.807) is 19.3 Å². The maximum Gasteiger partial charge on any atom is 0.266 e. The van der Waals surface area contributed by atoms with Crippen LogP contribution in [0.2, 0.25) is 0 Å². The fraction of sp³-hybridized carbons (Fsp3) is 0.133. The molecule has 0 saturated heterocycles. The molecule has 0 unspecified atom stereocenters. The van der Waals surface area contributed by atoms with Crippen molar-refractivity contribution in [3.8, 4) is 24.4 Å². The third-order valence-corrected chi connectivity index (χ3v) is 2.69. The predicted molar refractivity (Wildman–Crippen MR) is 84.8 cm³/mol. The summed E-state index contributed by atoms with van der Waals surface area (Å²) in [5.41, 5.74) is 3.43. The van der Waals surface area contributed by atoms with Gasteiger partial charge in [0.2, 0.25) is 0 Å². The van der Waals surface area contributed by atoms with Gasteiger partial charge in [-0.2, -0.15) is 10.2 Å². The summed E-state index contributed by atoms with van der Waals surface area (Å²) in [6.07, 6.45) is 1.57. The molecule has 1 heterocycles. The highest BCUT2D eigenvalue weighted by Gasteiger charge is 2.06. The van der Waals surface area contributed by atoms with E-state index in [1.165, 1.54) is 4.68 Å². The van der Waals surface area contributed by atoms with Crippen molar-refractivity contribution in [1.82, 2.24) is 9.78 Å². The van der Waals surface area contributed by atoms with Crippen LogP contribution in [-0.4, -0.2) is 16.0 Å². The van der Waals surface area contributed by atoms with E-state index in [-0.39, 0.29) is 5.56 Å². The summed E-state index contributed by atoms with van der Waals surface area (Å²) in [5, 5.41) is 20.7. The van der Waals surface area contributed by atoms with Gasteiger partial charge >= 0.3 is 0 Å². The second-order valence-corrected chi connectivity index (χ2v) is 4.04. The second kappa shape index (κ2) is 9.45. The van der Waals surface area contributed by atoms with Gasteiger partial charge in [0.25, 0.3) is 5.56 Å². The second-order valence-electron chi connectivity index (χ2n) is 4.04. The minimum Gasteiger partial charge on any atom is -0.323 e. The molecule has 0 bridgehead atoms. The summed E-state index contributed by atoms with van der Waals surface area (Å²) >= 11 is 0. The zero-order chi connectivity index (χ0) is 17.1. The Morgan fingerprint density at radius 2 is 1.77 bits per heavy atom. The summed E-state index contributed by atoms with van der Waals surface area (Å²) in [4.78, 5) is 11.4. The average molecular weight is 296 g/mol. The van der Waals surface area contributed by atoms with Gasteiger partial charge in [-0.3, -0.25) is 4.79 Å². The molecule has 1 aromatic carbocycles. The van der Waals surface area contributed by atoms with Gasteiger partial charge in [0.15, 0.2) is 0 Å². The number of rotatable bonds is 2. The van der Waals surface area contributed by atoms with Crippen LogP contribution in [0.5, 0.6) is 0 Å². The van der Waals surface area contributed by atoms with Crippen molar-refractivity contribution in [1.29, 1.82) is 10.5 Å². The van der Waals surface area contributed by atoms with E-state index < -0.39 is 0 Å². The Labute approximate surface area is 128 Å². The number of aryl methyl sites for hydroxylation is 2. The number of nitrogens with two attached hydrogens (primary N) is 1. The van der Waals surface area contributed by atoms with Crippen molar-refractivity contribution >= 4 is 6.21 Å². The third-order valence-electron chi connectivity index (χ3n) is 2.69. The molecule has 0 fully saturated rings. The average Bonchev–Trinajstić information content (AvgIpc) is 2.56. The Morgan fingerprint density at radius 1 is 1.23 bits per heavy atom. The van der Waals surface area contributed by atoms with Gasteiger partial charge in [0.1, 0.15) is 0 Å². The molecule has 0 aliphatic heterocycles. The Kier molecular flexibility index (Phi) is 7.97. The molecular weight excluding hydrogens is 280 g/mol. The number of aromatic nitrogens is 2. The van der Waals surface area contributed by atoms with E-state index in [1.807, 2.05) is 31.2 Å². The molecule has 7 heteroatoms. The van der Waals surface area contributed by atoms with Crippen molar-refractivity contribution in [2.75, 3.05) is 0 Å². The number of hydrogen-bond donors (Lipinski definition) is 1. The summed E-state index contributed by atoms with van der Waals surface area (Å²) in [5.74, 6) is 5.09. The van der Waals surface area contributed by atoms with Crippen LogP contribution in [0.1, 0.15) is 11.1 Å². The monoisotopic (exact) mass is 296 g/mol. The zero-order valence-electron chi connectivity index (χ0n) is 12.3. The van der Waals surface area contributed by atoms with Gasteiger partial charge in [-0.15, -0.1) is 0 Å². The maximum absolute atomic E-state index is 11.4. The molecule has 2 rings (SSSR count). The van der Waals surface area contributed by atoms with Crippen LogP contribution in [0.15, 0.2) is 40.2 Å². The molecule has 0 spiro atoms. The van der Waals surface area contributed by atoms with Crippen molar-refractivity contribution in [3.63, 3.8) is 0 Å². The Balaban J connectivity index is 0.00000102. The van der Waals surface area contributed by atoms with Crippen LogP contribution in [0.3, 0.4) is 0 Å². The molecule has 0 atom stereocenters. The first-order valence-corrected chi connectivity index (χ1v) is 6.02. The quantitative estimate of drug-likeness (QED) is 0.509. The van der Waals surface area contributed by atoms with Gasteiger partial charge in [-0.25, -0.2) is 15.2 Å².